The van der Waals surface area contributed by atoms with E-state index in [4.69, 9.17) is 11.6 Å². The first kappa shape index (κ1) is 11.5. The highest BCUT2D eigenvalue weighted by Crippen LogP contribution is 2.47. The predicted molar refractivity (Wildman–Crippen MR) is 69.9 cm³/mol. The highest BCUT2D eigenvalue weighted by molar-refractivity contribution is 9.09. The molecule has 82 valence electrons. The monoisotopic (exact) mass is 286 g/mol. The number of hydrogen-bond acceptors (Lipinski definition) is 0. The van der Waals surface area contributed by atoms with E-state index >= 15 is 0 Å². The fourth-order valence-electron chi connectivity index (χ4n) is 2.17. The lowest BCUT2D eigenvalue weighted by Crippen LogP contribution is -2.13. The van der Waals surface area contributed by atoms with Crippen molar-refractivity contribution in [3.63, 3.8) is 0 Å². The molecule has 0 spiro atoms. The van der Waals surface area contributed by atoms with Crippen molar-refractivity contribution in [1.82, 2.24) is 0 Å². The Morgan fingerprint density at radius 2 is 1.93 bits per heavy atom. The molecule has 1 saturated carbocycles. The molecule has 0 radical (unpaired) electrons. The molecule has 15 heavy (non-hydrogen) atoms. The van der Waals surface area contributed by atoms with Gasteiger partial charge in [-0.2, -0.15) is 0 Å². The Morgan fingerprint density at radius 1 is 1.33 bits per heavy atom. The van der Waals surface area contributed by atoms with E-state index < -0.39 is 0 Å². The van der Waals surface area contributed by atoms with Crippen LogP contribution in [0.1, 0.15) is 37.7 Å². The van der Waals surface area contributed by atoms with Gasteiger partial charge in [-0.05, 0) is 48.8 Å². The Hall–Kier alpha value is -0.0100. The first-order valence-corrected chi connectivity index (χ1v) is 6.91. The molecule has 1 aliphatic rings. The van der Waals surface area contributed by atoms with Crippen LogP contribution in [-0.4, -0.2) is 4.83 Å². The zero-order valence-electron chi connectivity index (χ0n) is 8.92. The summed E-state index contributed by atoms with van der Waals surface area (Å²) in [6, 6.07) is 8.35. The van der Waals surface area contributed by atoms with E-state index in [0.29, 0.717) is 10.7 Å². The van der Waals surface area contributed by atoms with Gasteiger partial charge in [0.25, 0.3) is 0 Å². The molecule has 0 saturated heterocycles. The van der Waals surface area contributed by atoms with E-state index in [9.17, 15) is 0 Å². The van der Waals surface area contributed by atoms with Crippen molar-refractivity contribution in [1.29, 1.82) is 0 Å². The standard InChI is InChI=1S/C13H16BrCl/c1-2-12(14)13(9-3-4-9)10-5-7-11(15)8-6-10/h5-9,12-13H,2-4H2,1H3. The molecule has 2 atom stereocenters. The van der Waals surface area contributed by atoms with Crippen molar-refractivity contribution < 1.29 is 0 Å². The molecule has 0 amide bonds. The molecule has 0 aromatic heterocycles. The highest BCUT2D eigenvalue weighted by atomic mass is 79.9. The van der Waals surface area contributed by atoms with Gasteiger partial charge in [0.15, 0.2) is 0 Å². The number of rotatable bonds is 4. The number of benzene rings is 1. The van der Waals surface area contributed by atoms with E-state index in [-0.39, 0.29) is 0 Å². The van der Waals surface area contributed by atoms with Gasteiger partial charge in [-0.15, -0.1) is 0 Å². The molecule has 0 N–H and O–H groups in total. The zero-order chi connectivity index (χ0) is 10.8. The maximum absolute atomic E-state index is 5.91. The Bertz CT molecular complexity index is 316. The highest BCUT2D eigenvalue weighted by Gasteiger charge is 2.35. The van der Waals surface area contributed by atoms with Crippen LogP contribution in [0, 0.1) is 5.92 Å². The normalized spacial score (nSPS) is 19.9. The van der Waals surface area contributed by atoms with Crippen molar-refractivity contribution in [2.75, 3.05) is 0 Å². The van der Waals surface area contributed by atoms with Crippen LogP contribution in [0.15, 0.2) is 24.3 Å². The summed E-state index contributed by atoms with van der Waals surface area (Å²) in [6.45, 7) is 2.24. The number of alkyl halides is 1. The minimum absolute atomic E-state index is 0.603. The summed E-state index contributed by atoms with van der Waals surface area (Å²) >= 11 is 9.72. The Balaban J connectivity index is 2.20. The molecule has 1 fully saturated rings. The third kappa shape index (κ3) is 2.76. The average molecular weight is 288 g/mol. The number of halogens is 2. The van der Waals surface area contributed by atoms with E-state index in [1.165, 1.54) is 24.8 Å². The van der Waals surface area contributed by atoms with Crippen LogP contribution in [0.4, 0.5) is 0 Å². The van der Waals surface area contributed by atoms with E-state index in [1.807, 2.05) is 12.1 Å². The lowest BCUT2D eigenvalue weighted by Gasteiger charge is -2.21. The molecule has 0 bridgehead atoms. The third-order valence-electron chi connectivity index (χ3n) is 3.16. The van der Waals surface area contributed by atoms with Crippen LogP contribution >= 0.6 is 27.5 Å². The maximum Gasteiger partial charge on any atom is 0.0406 e. The summed E-state index contributed by atoms with van der Waals surface area (Å²) < 4.78 is 0. The van der Waals surface area contributed by atoms with E-state index in [0.717, 1.165) is 10.9 Å². The van der Waals surface area contributed by atoms with Gasteiger partial charge in [-0.3, -0.25) is 0 Å². The fraction of sp³-hybridized carbons (Fsp3) is 0.538. The van der Waals surface area contributed by atoms with Gasteiger partial charge in [0.2, 0.25) is 0 Å². The Kier molecular flexibility index (Phi) is 3.73. The molecule has 0 heterocycles. The minimum Gasteiger partial charge on any atom is -0.0884 e. The van der Waals surface area contributed by atoms with Gasteiger partial charge < -0.3 is 0 Å². The molecule has 1 aliphatic carbocycles. The van der Waals surface area contributed by atoms with Crippen LogP contribution in [0.2, 0.25) is 5.02 Å². The van der Waals surface area contributed by atoms with Crippen molar-refractivity contribution in [3.05, 3.63) is 34.9 Å². The Labute approximate surface area is 105 Å². The van der Waals surface area contributed by atoms with Crippen LogP contribution < -0.4 is 0 Å². The molecular formula is C13H16BrCl. The molecule has 0 nitrogen and oxygen atoms in total. The predicted octanol–water partition coefficient (Wildman–Crippen LogP) is 5.01. The lowest BCUT2D eigenvalue weighted by atomic mass is 9.90. The lowest BCUT2D eigenvalue weighted by molar-refractivity contribution is 0.571. The van der Waals surface area contributed by atoms with Gasteiger partial charge in [-0.1, -0.05) is 46.6 Å². The summed E-state index contributed by atoms with van der Waals surface area (Å²) in [5.74, 6) is 1.56. The molecule has 1 aromatic rings. The second kappa shape index (κ2) is 4.88. The van der Waals surface area contributed by atoms with Gasteiger partial charge in [-0.25, -0.2) is 0 Å². The van der Waals surface area contributed by atoms with E-state index in [2.05, 4.69) is 35.0 Å². The molecule has 2 unspecified atom stereocenters. The molecule has 0 aliphatic heterocycles. The van der Waals surface area contributed by atoms with Gasteiger partial charge >= 0.3 is 0 Å². The van der Waals surface area contributed by atoms with Gasteiger partial charge in [0, 0.05) is 9.85 Å². The summed E-state index contributed by atoms with van der Waals surface area (Å²) in [5, 5.41) is 0.830. The quantitative estimate of drug-likeness (QED) is 0.683. The summed E-state index contributed by atoms with van der Waals surface area (Å²) in [4.78, 5) is 0.603. The first-order chi connectivity index (χ1) is 7.22. The molecular weight excluding hydrogens is 272 g/mol. The van der Waals surface area contributed by atoms with Crippen molar-refractivity contribution >= 4 is 27.5 Å². The molecule has 1 aromatic carbocycles. The number of hydrogen-bond donors (Lipinski definition) is 0. The summed E-state index contributed by atoms with van der Waals surface area (Å²) in [5.41, 5.74) is 1.44. The summed E-state index contributed by atoms with van der Waals surface area (Å²) in [6.07, 6.45) is 3.95. The largest absolute Gasteiger partial charge is 0.0884 e. The average Bonchev–Trinajstić information content (AvgIpc) is 3.05. The van der Waals surface area contributed by atoms with Crippen LogP contribution in [-0.2, 0) is 0 Å². The van der Waals surface area contributed by atoms with Crippen LogP contribution in [0.3, 0.4) is 0 Å². The first-order valence-electron chi connectivity index (χ1n) is 5.62. The molecule has 2 rings (SSSR count). The van der Waals surface area contributed by atoms with Crippen molar-refractivity contribution in [2.24, 2.45) is 5.92 Å². The smallest absolute Gasteiger partial charge is 0.0406 e. The van der Waals surface area contributed by atoms with E-state index in [1.54, 1.807) is 0 Å². The zero-order valence-corrected chi connectivity index (χ0v) is 11.3. The third-order valence-corrected chi connectivity index (χ3v) is 4.63. The van der Waals surface area contributed by atoms with Gasteiger partial charge in [0.05, 0.1) is 0 Å². The second-order valence-electron chi connectivity index (χ2n) is 4.34. The van der Waals surface area contributed by atoms with Crippen molar-refractivity contribution in [3.8, 4) is 0 Å². The Morgan fingerprint density at radius 3 is 2.40 bits per heavy atom. The topological polar surface area (TPSA) is 0 Å². The van der Waals surface area contributed by atoms with Crippen molar-refractivity contribution in [2.45, 2.75) is 36.9 Å². The maximum atomic E-state index is 5.91. The molecule has 2 heteroatoms. The van der Waals surface area contributed by atoms with Crippen LogP contribution in [0.25, 0.3) is 0 Å². The van der Waals surface area contributed by atoms with Gasteiger partial charge in [0.1, 0.15) is 0 Å². The minimum atomic E-state index is 0.603. The SMILES string of the molecule is CCC(Br)C(c1ccc(Cl)cc1)C1CC1. The summed E-state index contributed by atoms with van der Waals surface area (Å²) in [7, 11) is 0. The second-order valence-corrected chi connectivity index (χ2v) is 5.95. The van der Waals surface area contributed by atoms with Crippen LogP contribution in [0.5, 0.6) is 0 Å². The fourth-order valence-corrected chi connectivity index (χ4v) is 3.03.